The zero-order valence-corrected chi connectivity index (χ0v) is 17.4. The van der Waals surface area contributed by atoms with Crippen LogP contribution in [-0.4, -0.2) is 45.5 Å². The molecule has 3 rings (SSSR count). The number of benzene rings is 2. The molecule has 0 unspecified atom stereocenters. The molecule has 0 radical (unpaired) electrons. The first-order valence-corrected chi connectivity index (χ1v) is 10.1. The van der Waals surface area contributed by atoms with Crippen LogP contribution in [-0.2, 0) is 6.42 Å². The number of aromatic carboxylic acids is 1. The maximum absolute atomic E-state index is 11.3. The van der Waals surface area contributed by atoms with Crippen LogP contribution >= 0.6 is 11.6 Å². The van der Waals surface area contributed by atoms with Crippen molar-refractivity contribution in [3.8, 4) is 11.6 Å². The van der Waals surface area contributed by atoms with Gasteiger partial charge in [0.25, 0.3) is 0 Å². The van der Waals surface area contributed by atoms with Crippen molar-refractivity contribution in [2.75, 3.05) is 13.2 Å². The van der Waals surface area contributed by atoms with Gasteiger partial charge in [0, 0.05) is 23.8 Å². The lowest BCUT2D eigenvalue weighted by molar-refractivity contribution is 0.0693. The molecule has 0 spiro atoms. The summed E-state index contributed by atoms with van der Waals surface area (Å²) in [6.45, 7) is 0.167. The van der Waals surface area contributed by atoms with E-state index in [4.69, 9.17) is 16.3 Å². The Bertz CT molecular complexity index is 1010. The number of hydrogen-bond donors (Lipinski definition) is 4. The zero-order valence-electron chi connectivity index (χ0n) is 16.6. The summed E-state index contributed by atoms with van der Waals surface area (Å²) in [5.74, 6) is -0.640. The Balaban J connectivity index is 1.57. The van der Waals surface area contributed by atoms with E-state index in [1.807, 2.05) is 12.1 Å². The van der Waals surface area contributed by atoms with E-state index in [9.17, 15) is 20.1 Å². The second-order valence-electron chi connectivity index (χ2n) is 6.97. The predicted octanol–water partition coefficient (Wildman–Crippen LogP) is 3.45. The van der Waals surface area contributed by atoms with Crippen LogP contribution < -0.4 is 10.1 Å². The van der Waals surface area contributed by atoms with Gasteiger partial charge in [0.2, 0.25) is 5.88 Å². The SMILES string of the molecule is O=C(O)c1cccnc1Oc1ccc(C[C@@H](CO)NC[C@@H](O)c2cccc(Cl)c2)cc1. The molecule has 2 atom stereocenters. The minimum atomic E-state index is -1.11. The van der Waals surface area contributed by atoms with Crippen LogP contribution in [0.2, 0.25) is 5.02 Å². The third kappa shape index (κ3) is 6.50. The second-order valence-corrected chi connectivity index (χ2v) is 7.41. The number of aliphatic hydroxyl groups is 2. The van der Waals surface area contributed by atoms with Crippen LogP contribution in [0.4, 0.5) is 0 Å². The average Bonchev–Trinajstić information content (AvgIpc) is 2.77. The highest BCUT2D eigenvalue weighted by Crippen LogP contribution is 2.23. The van der Waals surface area contributed by atoms with E-state index >= 15 is 0 Å². The molecule has 8 heteroatoms. The van der Waals surface area contributed by atoms with Crippen molar-refractivity contribution in [1.82, 2.24) is 10.3 Å². The Labute approximate surface area is 184 Å². The third-order valence-corrected chi connectivity index (χ3v) is 4.91. The smallest absolute Gasteiger partial charge is 0.341 e. The Hall–Kier alpha value is -2.97. The lowest BCUT2D eigenvalue weighted by atomic mass is 10.1. The quantitative estimate of drug-likeness (QED) is 0.380. The summed E-state index contributed by atoms with van der Waals surface area (Å²) in [5.41, 5.74) is 1.62. The molecule has 1 aromatic heterocycles. The molecule has 4 N–H and O–H groups in total. The Morgan fingerprint density at radius 1 is 1.13 bits per heavy atom. The van der Waals surface area contributed by atoms with Crippen LogP contribution in [0, 0.1) is 0 Å². The van der Waals surface area contributed by atoms with Crippen molar-refractivity contribution < 1.29 is 24.9 Å². The zero-order chi connectivity index (χ0) is 22.2. The molecule has 0 aliphatic heterocycles. The van der Waals surface area contributed by atoms with Gasteiger partial charge in [-0.25, -0.2) is 9.78 Å². The molecule has 0 saturated carbocycles. The largest absolute Gasteiger partial charge is 0.477 e. The number of aliphatic hydroxyl groups excluding tert-OH is 2. The first-order valence-electron chi connectivity index (χ1n) is 9.69. The molecule has 162 valence electrons. The van der Waals surface area contributed by atoms with Gasteiger partial charge in [-0.1, -0.05) is 35.9 Å². The number of halogens is 1. The minimum Gasteiger partial charge on any atom is -0.477 e. The summed E-state index contributed by atoms with van der Waals surface area (Å²) >= 11 is 5.96. The summed E-state index contributed by atoms with van der Waals surface area (Å²) in [5, 5.41) is 32.9. The first kappa shape index (κ1) is 22.7. The number of carboxylic acid groups (broad SMARTS) is 1. The molecule has 0 saturated heterocycles. The molecule has 0 fully saturated rings. The highest BCUT2D eigenvalue weighted by molar-refractivity contribution is 6.30. The fraction of sp³-hybridized carbons (Fsp3) is 0.217. The Morgan fingerprint density at radius 3 is 2.58 bits per heavy atom. The normalized spacial score (nSPS) is 12.9. The molecule has 0 aliphatic carbocycles. The van der Waals surface area contributed by atoms with Crippen molar-refractivity contribution in [2.45, 2.75) is 18.6 Å². The van der Waals surface area contributed by atoms with E-state index < -0.39 is 12.1 Å². The number of aromatic nitrogens is 1. The third-order valence-electron chi connectivity index (χ3n) is 4.68. The Kier molecular flexibility index (Phi) is 7.97. The number of nitrogens with one attached hydrogen (secondary N) is 1. The van der Waals surface area contributed by atoms with Gasteiger partial charge < -0.3 is 25.4 Å². The lowest BCUT2D eigenvalue weighted by Gasteiger charge is -2.19. The molecule has 7 nitrogen and oxygen atoms in total. The summed E-state index contributed by atoms with van der Waals surface area (Å²) < 4.78 is 5.59. The van der Waals surface area contributed by atoms with Gasteiger partial charge in [-0.3, -0.25) is 0 Å². The molecule has 0 aliphatic rings. The van der Waals surface area contributed by atoms with Gasteiger partial charge >= 0.3 is 5.97 Å². The van der Waals surface area contributed by atoms with Crippen molar-refractivity contribution in [3.05, 3.63) is 88.6 Å². The highest BCUT2D eigenvalue weighted by atomic mass is 35.5. The Morgan fingerprint density at radius 2 is 1.90 bits per heavy atom. The van der Waals surface area contributed by atoms with Crippen molar-refractivity contribution in [3.63, 3.8) is 0 Å². The van der Waals surface area contributed by atoms with E-state index in [0.717, 1.165) is 5.56 Å². The van der Waals surface area contributed by atoms with Gasteiger partial charge in [-0.15, -0.1) is 0 Å². The van der Waals surface area contributed by atoms with Crippen LogP contribution in [0.3, 0.4) is 0 Å². The van der Waals surface area contributed by atoms with E-state index in [2.05, 4.69) is 10.3 Å². The van der Waals surface area contributed by atoms with E-state index in [-0.39, 0.29) is 30.6 Å². The topological polar surface area (TPSA) is 112 Å². The fourth-order valence-electron chi connectivity index (χ4n) is 3.04. The van der Waals surface area contributed by atoms with Gasteiger partial charge in [0.1, 0.15) is 11.3 Å². The standard InChI is InChI=1S/C23H23ClN2O5/c24-17-4-1-3-16(12-17)21(28)13-26-18(14-27)11-15-6-8-19(9-7-15)31-22-20(23(29)30)5-2-10-25-22/h1-10,12,18,21,26-28H,11,13-14H2,(H,29,30)/t18-,21+/m0/s1. The maximum atomic E-state index is 11.3. The van der Waals surface area contributed by atoms with E-state index in [1.165, 1.54) is 18.3 Å². The maximum Gasteiger partial charge on any atom is 0.341 e. The van der Waals surface area contributed by atoms with Crippen molar-refractivity contribution in [2.24, 2.45) is 0 Å². The lowest BCUT2D eigenvalue weighted by Crippen LogP contribution is -2.37. The second kappa shape index (κ2) is 10.9. The summed E-state index contributed by atoms with van der Waals surface area (Å²) in [6, 6.07) is 16.8. The molecule has 0 amide bonds. The van der Waals surface area contributed by atoms with Crippen LogP contribution in [0.15, 0.2) is 66.9 Å². The van der Waals surface area contributed by atoms with Crippen LogP contribution in [0.5, 0.6) is 11.6 Å². The van der Waals surface area contributed by atoms with Crippen LogP contribution in [0.25, 0.3) is 0 Å². The predicted molar refractivity (Wildman–Crippen MR) is 117 cm³/mol. The van der Waals surface area contributed by atoms with Crippen molar-refractivity contribution in [1.29, 1.82) is 0 Å². The molecular weight excluding hydrogens is 420 g/mol. The van der Waals surface area contributed by atoms with E-state index in [0.29, 0.717) is 22.8 Å². The molecule has 3 aromatic rings. The molecule has 2 aromatic carbocycles. The van der Waals surface area contributed by atoms with Gasteiger partial charge in [0.15, 0.2) is 0 Å². The first-order chi connectivity index (χ1) is 15.0. The molecule has 31 heavy (non-hydrogen) atoms. The van der Waals surface area contributed by atoms with E-state index in [1.54, 1.807) is 36.4 Å². The summed E-state index contributed by atoms with van der Waals surface area (Å²) in [4.78, 5) is 15.2. The monoisotopic (exact) mass is 442 g/mol. The fourth-order valence-corrected chi connectivity index (χ4v) is 3.23. The summed E-state index contributed by atoms with van der Waals surface area (Å²) in [7, 11) is 0. The summed E-state index contributed by atoms with van der Waals surface area (Å²) in [6.07, 6.45) is 1.25. The molecular formula is C23H23ClN2O5. The number of pyridine rings is 1. The number of hydrogen-bond acceptors (Lipinski definition) is 6. The minimum absolute atomic E-state index is 0.0191. The number of carboxylic acids is 1. The number of ether oxygens (including phenoxy) is 1. The number of carbonyl (C=O) groups is 1. The van der Waals surface area contributed by atoms with Gasteiger partial charge in [-0.2, -0.15) is 0 Å². The average molecular weight is 443 g/mol. The van der Waals surface area contributed by atoms with Crippen molar-refractivity contribution >= 4 is 17.6 Å². The highest BCUT2D eigenvalue weighted by Gasteiger charge is 2.15. The number of nitrogens with zero attached hydrogens (tertiary/aromatic N) is 1. The molecule has 1 heterocycles. The van der Waals surface area contributed by atoms with Gasteiger partial charge in [-0.05, 0) is 53.9 Å². The van der Waals surface area contributed by atoms with Gasteiger partial charge in [0.05, 0.1) is 12.7 Å². The molecule has 0 bridgehead atoms. The van der Waals surface area contributed by atoms with Crippen LogP contribution in [0.1, 0.15) is 27.6 Å². The number of rotatable bonds is 10.